The van der Waals surface area contributed by atoms with Crippen LogP contribution in [0.5, 0.6) is 0 Å². The van der Waals surface area contributed by atoms with Crippen LogP contribution in [0.3, 0.4) is 0 Å². The Balaban J connectivity index is 1.48. The number of halogens is 1. The van der Waals surface area contributed by atoms with Crippen molar-refractivity contribution in [1.29, 1.82) is 5.26 Å². The molecule has 5 aromatic rings. The second-order valence-electron chi connectivity index (χ2n) is 7.67. The topological polar surface area (TPSA) is 96.5 Å². The van der Waals surface area contributed by atoms with Crippen molar-refractivity contribution < 1.29 is 4.79 Å². The van der Waals surface area contributed by atoms with Crippen molar-refractivity contribution in [3.8, 4) is 17.2 Å². The third-order valence-corrected chi connectivity index (χ3v) is 6.99. The van der Waals surface area contributed by atoms with Crippen LogP contribution in [0.2, 0.25) is 5.02 Å². The van der Waals surface area contributed by atoms with Crippen LogP contribution in [-0.4, -0.2) is 25.8 Å². The molecule has 0 amide bonds. The fourth-order valence-electron chi connectivity index (χ4n) is 3.59. The Hall–Kier alpha value is -4.19. The van der Waals surface area contributed by atoms with Gasteiger partial charge < -0.3 is 9.88 Å². The summed E-state index contributed by atoms with van der Waals surface area (Å²) in [7, 11) is 1.93. The maximum Gasteiger partial charge on any atom is 0.172 e. The van der Waals surface area contributed by atoms with Crippen molar-refractivity contribution in [2.45, 2.75) is 10.1 Å². The van der Waals surface area contributed by atoms with Gasteiger partial charge in [-0.05, 0) is 35.9 Å². The Bertz CT molecular complexity index is 1610. The number of fused-ring (bicyclic) bond motifs is 1. The first-order chi connectivity index (χ1) is 17.1. The fourth-order valence-corrected chi connectivity index (χ4v) is 4.70. The zero-order chi connectivity index (χ0) is 24.4. The van der Waals surface area contributed by atoms with E-state index in [1.54, 1.807) is 24.7 Å². The second-order valence-corrected chi connectivity index (χ2v) is 9.09. The number of benzene rings is 2. The van der Waals surface area contributed by atoms with Crippen molar-refractivity contribution in [3.05, 3.63) is 89.6 Å². The van der Waals surface area contributed by atoms with Gasteiger partial charge in [0.1, 0.15) is 11.8 Å². The predicted molar refractivity (Wildman–Crippen MR) is 137 cm³/mol. The first-order valence-electron chi connectivity index (χ1n) is 10.5. The molecule has 1 N–H and O–H groups in total. The Kier molecular flexibility index (Phi) is 6.19. The monoisotopic (exact) mass is 496 g/mol. The molecule has 7 nitrogen and oxygen atoms in total. The molecule has 5 rings (SSSR count). The van der Waals surface area contributed by atoms with E-state index in [1.165, 1.54) is 11.8 Å². The maximum atomic E-state index is 10.9. The van der Waals surface area contributed by atoms with Gasteiger partial charge in [0.15, 0.2) is 11.4 Å². The number of rotatable bonds is 6. The zero-order valence-electron chi connectivity index (χ0n) is 18.4. The van der Waals surface area contributed by atoms with Gasteiger partial charge in [0.05, 0.1) is 21.8 Å². The molecule has 9 heteroatoms. The maximum absolute atomic E-state index is 10.9. The van der Waals surface area contributed by atoms with Crippen LogP contribution in [0, 0.1) is 11.3 Å². The van der Waals surface area contributed by atoms with Crippen LogP contribution in [0.15, 0.2) is 83.4 Å². The lowest BCUT2D eigenvalue weighted by Gasteiger charge is -2.14. The molecule has 0 radical (unpaired) electrons. The summed E-state index contributed by atoms with van der Waals surface area (Å²) in [5.74, 6) is 0. The molecule has 0 aliphatic carbocycles. The number of nitrogens with one attached hydrogen (secondary N) is 1. The van der Waals surface area contributed by atoms with E-state index in [0.29, 0.717) is 28.3 Å². The van der Waals surface area contributed by atoms with Crippen LogP contribution < -0.4 is 5.32 Å². The number of aromatic nitrogens is 4. The van der Waals surface area contributed by atoms with Crippen molar-refractivity contribution in [2.24, 2.45) is 7.05 Å². The number of carbonyl (C=O) groups excluding carboxylic acids is 1. The molecule has 0 saturated carbocycles. The zero-order valence-corrected chi connectivity index (χ0v) is 20.0. The summed E-state index contributed by atoms with van der Waals surface area (Å²) in [4.78, 5) is 24.7. The molecule has 0 aliphatic heterocycles. The smallest absolute Gasteiger partial charge is 0.172 e. The van der Waals surface area contributed by atoms with Gasteiger partial charge in [0.25, 0.3) is 0 Å². The molecule has 0 fully saturated rings. The van der Waals surface area contributed by atoms with E-state index in [9.17, 15) is 10.1 Å². The van der Waals surface area contributed by atoms with Crippen LogP contribution >= 0.6 is 23.4 Å². The largest absolute Gasteiger partial charge is 0.354 e. The Morgan fingerprint density at radius 2 is 1.91 bits per heavy atom. The molecule has 170 valence electrons. The summed E-state index contributed by atoms with van der Waals surface area (Å²) in [5, 5.41) is 15.3. The molecule has 0 spiro atoms. The van der Waals surface area contributed by atoms with Gasteiger partial charge in [-0.15, -0.1) is 0 Å². The third-order valence-electron chi connectivity index (χ3n) is 5.41. The Morgan fingerprint density at radius 1 is 1.06 bits per heavy atom. The number of carbonyl (C=O) groups is 1. The molecule has 35 heavy (non-hydrogen) atoms. The summed E-state index contributed by atoms with van der Waals surface area (Å²) in [6.45, 7) is 0. The number of hydrogen-bond acceptors (Lipinski definition) is 7. The molecule has 0 bridgehead atoms. The predicted octanol–water partition coefficient (Wildman–Crippen LogP) is 6.26. The minimum Gasteiger partial charge on any atom is -0.354 e. The summed E-state index contributed by atoms with van der Waals surface area (Å²) in [5.41, 5.74) is 4.69. The third kappa shape index (κ3) is 4.60. The summed E-state index contributed by atoms with van der Waals surface area (Å²) >= 11 is 8.04. The molecular weight excluding hydrogens is 480 g/mol. The van der Waals surface area contributed by atoms with Gasteiger partial charge in [-0.25, -0.2) is 4.98 Å². The molecule has 0 saturated heterocycles. The number of imidazole rings is 1. The number of anilines is 2. The lowest BCUT2D eigenvalue weighted by atomic mass is 10.0. The number of hydrogen-bond donors (Lipinski definition) is 1. The highest BCUT2D eigenvalue weighted by molar-refractivity contribution is 7.99. The minimum absolute atomic E-state index is 0.376. The highest BCUT2D eigenvalue weighted by Crippen LogP contribution is 2.36. The number of pyridine rings is 2. The van der Waals surface area contributed by atoms with E-state index in [1.807, 2.05) is 60.3 Å². The average molecular weight is 497 g/mol. The van der Waals surface area contributed by atoms with Crippen molar-refractivity contribution in [1.82, 2.24) is 19.5 Å². The van der Waals surface area contributed by atoms with Crippen LogP contribution in [0.25, 0.3) is 22.0 Å². The first kappa shape index (κ1) is 22.6. The lowest BCUT2D eigenvalue weighted by Crippen LogP contribution is -1.97. The van der Waals surface area contributed by atoms with E-state index >= 15 is 0 Å². The average Bonchev–Trinajstić information content (AvgIpc) is 3.29. The molecular formula is C26H17ClN6OS. The van der Waals surface area contributed by atoms with Crippen molar-refractivity contribution in [2.75, 3.05) is 5.32 Å². The second kappa shape index (κ2) is 9.58. The summed E-state index contributed by atoms with van der Waals surface area (Å²) in [6.07, 6.45) is 7.54. The van der Waals surface area contributed by atoms with E-state index in [0.717, 1.165) is 37.8 Å². The van der Waals surface area contributed by atoms with Crippen molar-refractivity contribution >= 4 is 51.9 Å². The van der Waals surface area contributed by atoms with Crippen molar-refractivity contribution in [3.63, 3.8) is 0 Å². The fraction of sp³-hybridized carbons (Fsp3) is 0.0385. The minimum atomic E-state index is 0.376. The van der Waals surface area contributed by atoms with Crippen LogP contribution in [-0.2, 0) is 7.05 Å². The van der Waals surface area contributed by atoms with Gasteiger partial charge in [0, 0.05) is 53.4 Å². The highest BCUT2D eigenvalue weighted by atomic mass is 35.5. The van der Waals surface area contributed by atoms with E-state index in [2.05, 4.69) is 26.3 Å². The van der Waals surface area contributed by atoms with Gasteiger partial charge >= 0.3 is 0 Å². The molecule has 2 aromatic carbocycles. The SMILES string of the molecule is Cn1ccnc1Sc1ccc(Nc2c(C#N)cnc3cc(-c4ccc(C=O)nc4)ccc23)cc1Cl. The molecule has 3 aromatic heterocycles. The van der Waals surface area contributed by atoms with Gasteiger partial charge in [0.2, 0.25) is 0 Å². The highest BCUT2D eigenvalue weighted by Gasteiger charge is 2.13. The number of nitrogens with zero attached hydrogens (tertiary/aromatic N) is 5. The quantitative estimate of drug-likeness (QED) is 0.277. The van der Waals surface area contributed by atoms with Crippen LogP contribution in [0.4, 0.5) is 11.4 Å². The molecule has 0 unspecified atom stereocenters. The van der Waals surface area contributed by atoms with Gasteiger partial charge in [-0.1, -0.05) is 41.6 Å². The Labute approximate surface area is 210 Å². The molecule has 0 atom stereocenters. The normalized spacial score (nSPS) is 10.8. The lowest BCUT2D eigenvalue weighted by molar-refractivity contribution is 0.111. The number of nitriles is 1. The Morgan fingerprint density at radius 3 is 2.60 bits per heavy atom. The standard InChI is InChI=1S/C26H17ClN6OS/c1-33-9-8-29-26(33)35-24-7-5-19(11-22(24)27)32-25-18(12-28)14-31-23-10-16(3-6-21(23)25)17-2-4-20(15-34)30-13-17/h2-11,13-15H,1H3,(H,31,32). The van der Waals surface area contributed by atoms with Crippen LogP contribution in [0.1, 0.15) is 16.1 Å². The number of aryl methyl sites for hydroxylation is 1. The van der Waals surface area contributed by atoms with Gasteiger partial charge in [-0.2, -0.15) is 5.26 Å². The summed E-state index contributed by atoms with van der Waals surface area (Å²) in [6, 6.07) is 17.2. The summed E-state index contributed by atoms with van der Waals surface area (Å²) < 4.78 is 1.93. The number of aldehydes is 1. The van der Waals surface area contributed by atoms with E-state index in [4.69, 9.17) is 11.6 Å². The van der Waals surface area contributed by atoms with Gasteiger partial charge in [-0.3, -0.25) is 14.8 Å². The van der Waals surface area contributed by atoms with E-state index in [-0.39, 0.29) is 0 Å². The van der Waals surface area contributed by atoms with E-state index < -0.39 is 0 Å². The molecule has 0 aliphatic rings. The molecule has 3 heterocycles. The first-order valence-corrected chi connectivity index (χ1v) is 11.7.